The highest BCUT2D eigenvalue weighted by Gasteiger charge is 2.14. The van der Waals surface area contributed by atoms with Gasteiger partial charge in [-0.15, -0.1) is 0 Å². The second kappa shape index (κ2) is 7.14. The van der Waals surface area contributed by atoms with Crippen molar-refractivity contribution < 1.29 is 9.53 Å². The molecule has 1 atom stereocenters. The van der Waals surface area contributed by atoms with Crippen molar-refractivity contribution in [2.24, 2.45) is 0 Å². The minimum atomic E-state index is 0.0976. The van der Waals surface area contributed by atoms with Crippen LogP contribution in [0, 0.1) is 0 Å². The molecule has 104 valence electrons. The molecule has 1 unspecified atom stereocenters. The topological polar surface area (TPSA) is 64.4 Å². The molecule has 1 aliphatic rings. The van der Waals surface area contributed by atoms with Crippen LogP contribution >= 0.6 is 0 Å². The molecule has 0 bridgehead atoms. The molecule has 1 aromatic carbocycles. The third kappa shape index (κ3) is 4.91. The number of nitrogen functional groups attached to an aromatic ring is 1. The third-order valence-corrected chi connectivity index (χ3v) is 3.40. The van der Waals surface area contributed by atoms with Gasteiger partial charge < -0.3 is 15.8 Å². The van der Waals surface area contributed by atoms with E-state index in [-0.39, 0.29) is 5.91 Å². The Labute approximate surface area is 114 Å². The summed E-state index contributed by atoms with van der Waals surface area (Å²) in [5.41, 5.74) is 7.55. The summed E-state index contributed by atoms with van der Waals surface area (Å²) in [4.78, 5) is 11.7. The molecule has 19 heavy (non-hydrogen) atoms. The number of ether oxygens (including phenoxy) is 1. The lowest BCUT2D eigenvalue weighted by molar-refractivity contribution is -0.121. The molecule has 1 aromatic rings. The van der Waals surface area contributed by atoms with Crippen LogP contribution < -0.4 is 11.1 Å². The zero-order valence-corrected chi connectivity index (χ0v) is 11.2. The number of nitrogens with one attached hydrogen (secondary N) is 1. The molecule has 1 fully saturated rings. The molecule has 0 aliphatic carbocycles. The van der Waals surface area contributed by atoms with Gasteiger partial charge in [-0.25, -0.2) is 0 Å². The van der Waals surface area contributed by atoms with Crippen LogP contribution in [-0.2, 0) is 16.0 Å². The molecule has 1 heterocycles. The van der Waals surface area contributed by atoms with Gasteiger partial charge in [0.2, 0.25) is 5.91 Å². The zero-order chi connectivity index (χ0) is 13.5. The number of hydrogen-bond acceptors (Lipinski definition) is 3. The average molecular weight is 262 g/mol. The first-order chi connectivity index (χ1) is 9.24. The van der Waals surface area contributed by atoms with Crippen molar-refractivity contribution >= 4 is 11.6 Å². The van der Waals surface area contributed by atoms with Crippen LogP contribution in [0.4, 0.5) is 5.69 Å². The van der Waals surface area contributed by atoms with Crippen molar-refractivity contribution in [2.75, 3.05) is 18.9 Å². The Bertz CT molecular complexity index is 414. The number of hydrogen-bond donors (Lipinski definition) is 2. The second-order valence-corrected chi connectivity index (χ2v) is 5.02. The molecule has 0 radical (unpaired) electrons. The lowest BCUT2D eigenvalue weighted by atomic mass is 10.1. The Balaban J connectivity index is 1.61. The number of nitrogens with two attached hydrogens (primary N) is 1. The van der Waals surface area contributed by atoms with Gasteiger partial charge in [0.1, 0.15) is 0 Å². The monoisotopic (exact) mass is 262 g/mol. The standard InChI is InChI=1S/C15H22N2O2/c16-13-4-1-3-12(11-13)6-7-15(18)17-9-8-14-5-2-10-19-14/h1,3-4,11,14H,2,5-10,16H2,(H,17,18). The van der Waals surface area contributed by atoms with Gasteiger partial charge in [0.25, 0.3) is 0 Å². The molecule has 4 heteroatoms. The summed E-state index contributed by atoms with van der Waals surface area (Å²) in [7, 11) is 0. The van der Waals surface area contributed by atoms with Crippen LogP contribution in [0.5, 0.6) is 0 Å². The molecule has 0 saturated carbocycles. The predicted octanol–water partition coefficient (Wildman–Crippen LogP) is 1.89. The first-order valence-electron chi connectivity index (χ1n) is 6.97. The van der Waals surface area contributed by atoms with Crippen LogP contribution in [-0.4, -0.2) is 25.2 Å². The Hall–Kier alpha value is -1.55. The van der Waals surface area contributed by atoms with Crippen LogP contribution in [0.1, 0.15) is 31.2 Å². The summed E-state index contributed by atoms with van der Waals surface area (Å²) in [6.07, 6.45) is 4.78. The number of aryl methyl sites for hydroxylation is 1. The first-order valence-corrected chi connectivity index (χ1v) is 6.97. The van der Waals surface area contributed by atoms with Crippen LogP contribution in [0.25, 0.3) is 0 Å². The quantitative estimate of drug-likeness (QED) is 0.769. The maximum Gasteiger partial charge on any atom is 0.220 e. The molecule has 0 aromatic heterocycles. The first kappa shape index (κ1) is 13.9. The van der Waals surface area contributed by atoms with Gasteiger partial charge in [-0.2, -0.15) is 0 Å². The zero-order valence-electron chi connectivity index (χ0n) is 11.2. The number of amides is 1. The van der Waals surface area contributed by atoms with Gasteiger partial charge in [-0.1, -0.05) is 12.1 Å². The molecule has 3 N–H and O–H groups in total. The van der Waals surface area contributed by atoms with Gasteiger partial charge >= 0.3 is 0 Å². The van der Waals surface area contributed by atoms with Gasteiger partial charge in [0.05, 0.1) is 6.10 Å². The van der Waals surface area contributed by atoms with Crippen molar-refractivity contribution in [3.8, 4) is 0 Å². The van der Waals surface area contributed by atoms with E-state index in [2.05, 4.69) is 5.32 Å². The molecular weight excluding hydrogens is 240 g/mol. The predicted molar refractivity (Wildman–Crippen MR) is 75.8 cm³/mol. The fraction of sp³-hybridized carbons (Fsp3) is 0.533. The number of rotatable bonds is 6. The van der Waals surface area contributed by atoms with E-state index >= 15 is 0 Å². The summed E-state index contributed by atoms with van der Waals surface area (Å²) < 4.78 is 5.51. The maximum atomic E-state index is 11.7. The smallest absolute Gasteiger partial charge is 0.220 e. The SMILES string of the molecule is Nc1cccc(CCC(=O)NCCC2CCCO2)c1. The van der Waals surface area contributed by atoms with E-state index in [9.17, 15) is 4.79 Å². The summed E-state index contributed by atoms with van der Waals surface area (Å²) in [5, 5.41) is 2.94. The summed E-state index contributed by atoms with van der Waals surface area (Å²) in [6, 6.07) is 7.68. The van der Waals surface area contributed by atoms with Crippen molar-refractivity contribution in [1.82, 2.24) is 5.32 Å². The van der Waals surface area contributed by atoms with Crippen LogP contribution in [0.15, 0.2) is 24.3 Å². The fourth-order valence-electron chi connectivity index (χ4n) is 2.34. The van der Waals surface area contributed by atoms with Crippen molar-refractivity contribution in [2.45, 2.75) is 38.2 Å². The van der Waals surface area contributed by atoms with Crippen molar-refractivity contribution in [3.05, 3.63) is 29.8 Å². The molecule has 1 aliphatic heterocycles. The molecule has 2 rings (SSSR count). The normalized spacial score (nSPS) is 18.4. The largest absolute Gasteiger partial charge is 0.399 e. The van der Waals surface area contributed by atoms with E-state index in [4.69, 9.17) is 10.5 Å². The molecule has 4 nitrogen and oxygen atoms in total. The number of anilines is 1. The van der Waals surface area contributed by atoms with E-state index in [0.717, 1.165) is 43.5 Å². The van der Waals surface area contributed by atoms with Gasteiger partial charge in [-0.3, -0.25) is 4.79 Å². The molecular formula is C15H22N2O2. The Kier molecular flexibility index (Phi) is 5.21. The second-order valence-electron chi connectivity index (χ2n) is 5.02. The number of benzene rings is 1. The van der Waals surface area contributed by atoms with Gasteiger partial charge in [0.15, 0.2) is 0 Å². The summed E-state index contributed by atoms with van der Waals surface area (Å²) in [5.74, 6) is 0.0976. The van der Waals surface area contributed by atoms with Crippen molar-refractivity contribution in [1.29, 1.82) is 0 Å². The number of carbonyl (C=O) groups excluding carboxylic acids is 1. The Morgan fingerprint density at radius 1 is 1.47 bits per heavy atom. The minimum absolute atomic E-state index is 0.0976. The summed E-state index contributed by atoms with van der Waals surface area (Å²) >= 11 is 0. The fourth-order valence-corrected chi connectivity index (χ4v) is 2.34. The van der Waals surface area contributed by atoms with Gasteiger partial charge in [-0.05, 0) is 43.4 Å². The molecule has 1 amide bonds. The molecule has 0 spiro atoms. The highest BCUT2D eigenvalue weighted by molar-refractivity contribution is 5.76. The van der Waals surface area contributed by atoms with E-state index in [1.807, 2.05) is 24.3 Å². The van der Waals surface area contributed by atoms with Crippen LogP contribution in [0.2, 0.25) is 0 Å². The average Bonchev–Trinajstić information content (AvgIpc) is 2.90. The third-order valence-electron chi connectivity index (χ3n) is 3.40. The lowest BCUT2D eigenvalue weighted by Gasteiger charge is -2.10. The van der Waals surface area contributed by atoms with E-state index in [1.54, 1.807) is 0 Å². The van der Waals surface area contributed by atoms with Crippen LogP contribution in [0.3, 0.4) is 0 Å². The maximum absolute atomic E-state index is 11.7. The highest BCUT2D eigenvalue weighted by atomic mass is 16.5. The van der Waals surface area contributed by atoms with E-state index in [1.165, 1.54) is 0 Å². The minimum Gasteiger partial charge on any atom is -0.399 e. The Morgan fingerprint density at radius 3 is 3.11 bits per heavy atom. The summed E-state index contributed by atoms with van der Waals surface area (Å²) in [6.45, 7) is 1.58. The molecule has 1 saturated heterocycles. The number of carbonyl (C=O) groups is 1. The van der Waals surface area contributed by atoms with E-state index < -0.39 is 0 Å². The van der Waals surface area contributed by atoms with Crippen molar-refractivity contribution in [3.63, 3.8) is 0 Å². The Morgan fingerprint density at radius 2 is 2.37 bits per heavy atom. The lowest BCUT2D eigenvalue weighted by Crippen LogP contribution is -2.27. The highest BCUT2D eigenvalue weighted by Crippen LogP contribution is 2.14. The van der Waals surface area contributed by atoms with E-state index in [0.29, 0.717) is 19.1 Å². The van der Waals surface area contributed by atoms with Gasteiger partial charge in [0, 0.05) is 25.3 Å².